The van der Waals surface area contributed by atoms with Crippen LogP contribution in [0.1, 0.15) is 0 Å². The van der Waals surface area contributed by atoms with E-state index in [1.54, 1.807) is 0 Å². The van der Waals surface area contributed by atoms with E-state index in [1.807, 2.05) is 0 Å². The van der Waals surface area contributed by atoms with Gasteiger partial charge in [-0.2, -0.15) is 0 Å². The second-order valence-corrected chi connectivity index (χ2v) is 22.4. The Morgan fingerprint density at radius 2 is 0.873 bits per heavy atom. The van der Waals surface area contributed by atoms with Gasteiger partial charge in [-0.3, -0.25) is 0 Å². The van der Waals surface area contributed by atoms with Gasteiger partial charge in [0, 0.05) is 56.2 Å². The lowest BCUT2D eigenvalue weighted by Gasteiger charge is -2.27. The van der Waals surface area contributed by atoms with Crippen LogP contribution in [0.2, 0.25) is 19.6 Å². The molecule has 10 aromatic carbocycles. The molecule has 0 amide bonds. The number of furan rings is 1. The van der Waals surface area contributed by atoms with E-state index in [-0.39, 0.29) is 0 Å². The minimum absolute atomic E-state index is 0.857. The van der Waals surface area contributed by atoms with Crippen LogP contribution in [0.5, 0.6) is 0 Å². The Bertz CT molecular complexity index is 3410. The normalized spacial score (nSPS) is 11.7. The van der Waals surface area contributed by atoms with Gasteiger partial charge in [-0.25, -0.2) is 0 Å². The van der Waals surface area contributed by atoms with Crippen molar-refractivity contribution in [1.82, 2.24) is 0 Å². The summed E-state index contributed by atoms with van der Waals surface area (Å²) < 4.78 is 7.02. The summed E-state index contributed by atoms with van der Waals surface area (Å²) in [6.45, 7) is 7.19. The van der Waals surface area contributed by atoms with Crippen molar-refractivity contribution in [2.75, 3.05) is 9.80 Å². The Labute approximate surface area is 369 Å². The number of hydrogen-bond acceptors (Lipinski definition) is 3. The predicted molar refractivity (Wildman–Crippen MR) is 272 cm³/mol. The number of rotatable bonds is 9. The minimum atomic E-state index is -1.42. The van der Waals surface area contributed by atoms with Crippen LogP contribution in [0.3, 0.4) is 0 Å². The van der Waals surface area contributed by atoms with E-state index in [0.717, 1.165) is 72.6 Å². The van der Waals surface area contributed by atoms with Crippen LogP contribution >= 0.6 is 0 Å². The first-order valence-corrected chi connectivity index (χ1v) is 25.3. The van der Waals surface area contributed by atoms with Gasteiger partial charge in [0.1, 0.15) is 11.2 Å². The standard InChI is InChI=1S/C59H46N2OSi/c1-63(2,3)49-35-32-47(33-36-49)60(44-19-9-5-10-20-44)46-30-27-41(28-31-46)43-29-37-53-55(39-43)51-24-13-14-25-52(51)58-54-38-34-48(40-57(54)62-59(53)58)61(45-21-11-6-12-22-45)56-26-16-15-23-50(56)42-17-7-4-8-18-42/h4-40H,1-3H3. The van der Waals surface area contributed by atoms with Crippen LogP contribution in [0.15, 0.2) is 229 Å². The quantitative estimate of drug-likeness (QED) is 0.107. The molecule has 63 heavy (non-hydrogen) atoms. The maximum absolute atomic E-state index is 7.02. The Kier molecular flexibility index (Phi) is 9.52. The van der Waals surface area contributed by atoms with Crippen molar-refractivity contribution < 1.29 is 4.42 Å². The lowest BCUT2D eigenvalue weighted by atomic mass is 9.94. The van der Waals surface area contributed by atoms with E-state index in [9.17, 15) is 0 Å². The van der Waals surface area contributed by atoms with Gasteiger partial charge in [0.05, 0.1) is 13.8 Å². The molecule has 0 unspecified atom stereocenters. The lowest BCUT2D eigenvalue weighted by molar-refractivity contribution is 0.673. The molecule has 1 aromatic heterocycles. The van der Waals surface area contributed by atoms with Crippen LogP contribution in [0.25, 0.3) is 65.7 Å². The van der Waals surface area contributed by atoms with Crippen LogP contribution < -0.4 is 15.0 Å². The Balaban J connectivity index is 1.01. The van der Waals surface area contributed by atoms with Crippen LogP contribution in [-0.2, 0) is 0 Å². The molecule has 3 nitrogen and oxygen atoms in total. The third kappa shape index (κ3) is 6.95. The lowest BCUT2D eigenvalue weighted by Crippen LogP contribution is -2.37. The van der Waals surface area contributed by atoms with E-state index < -0.39 is 8.07 Å². The van der Waals surface area contributed by atoms with E-state index in [2.05, 4.69) is 254 Å². The van der Waals surface area contributed by atoms with Crippen LogP contribution in [-0.4, -0.2) is 8.07 Å². The molecule has 302 valence electrons. The molecule has 0 saturated heterocycles. The third-order valence-electron chi connectivity index (χ3n) is 12.4. The van der Waals surface area contributed by atoms with Crippen molar-refractivity contribution in [3.8, 4) is 22.3 Å². The molecular formula is C59H46N2OSi. The number of benzene rings is 10. The smallest absolute Gasteiger partial charge is 0.143 e. The summed E-state index contributed by atoms with van der Waals surface area (Å²) in [5, 5.41) is 8.39. The average Bonchev–Trinajstić information content (AvgIpc) is 3.72. The third-order valence-corrected chi connectivity index (χ3v) is 14.5. The molecule has 0 aliphatic heterocycles. The van der Waals surface area contributed by atoms with Crippen molar-refractivity contribution in [3.05, 3.63) is 224 Å². The molecule has 4 heteroatoms. The molecule has 0 N–H and O–H groups in total. The number of para-hydroxylation sites is 3. The van der Waals surface area contributed by atoms with Crippen LogP contribution in [0, 0.1) is 0 Å². The summed E-state index contributed by atoms with van der Waals surface area (Å²) in [5.74, 6) is 0. The Morgan fingerprint density at radius 1 is 0.349 bits per heavy atom. The monoisotopic (exact) mass is 826 g/mol. The molecular weight excluding hydrogens is 781 g/mol. The molecule has 0 fully saturated rings. The van der Waals surface area contributed by atoms with Gasteiger partial charge < -0.3 is 14.2 Å². The topological polar surface area (TPSA) is 19.6 Å². The van der Waals surface area contributed by atoms with Gasteiger partial charge >= 0.3 is 0 Å². The van der Waals surface area contributed by atoms with Gasteiger partial charge in [0.15, 0.2) is 0 Å². The second kappa shape index (κ2) is 15.7. The molecule has 1 heterocycles. The van der Waals surface area contributed by atoms with E-state index in [0.29, 0.717) is 0 Å². The SMILES string of the molecule is C[Si](C)(C)c1ccc(N(c2ccccc2)c2ccc(-c3ccc4c(c3)c3ccccc3c3c5ccc(N(c6ccccc6)c6ccccc6-c6ccccc6)cc5oc43)cc2)cc1. The highest BCUT2D eigenvalue weighted by molar-refractivity contribution is 6.88. The van der Waals surface area contributed by atoms with Gasteiger partial charge in [0.2, 0.25) is 0 Å². The van der Waals surface area contributed by atoms with Gasteiger partial charge in [-0.15, -0.1) is 0 Å². The molecule has 0 spiro atoms. The second-order valence-electron chi connectivity index (χ2n) is 17.4. The van der Waals surface area contributed by atoms with Crippen molar-refractivity contribution in [1.29, 1.82) is 0 Å². The van der Waals surface area contributed by atoms with Crippen molar-refractivity contribution in [3.63, 3.8) is 0 Å². The van der Waals surface area contributed by atoms with Crippen molar-refractivity contribution >= 4 is 90.9 Å². The Morgan fingerprint density at radius 3 is 1.56 bits per heavy atom. The van der Waals surface area contributed by atoms with E-state index >= 15 is 0 Å². The highest BCUT2D eigenvalue weighted by Crippen LogP contribution is 2.46. The fourth-order valence-electron chi connectivity index (χ4n) is 9.23. The van der Waals surface area contributed by atoms with Gasteiger partial charge in [-0.1, -0.05) is 164 Å². The number of fused-ring (bicyclic) bond motifs is 8. The molecule has 11 rings (SSSR count). The summed E-state index contributed by atoms with van der Waals surface area (Å²) in [7, 11) is -1.42. The molecule has 0 aliphatic carbocycles. The zero-order chi connectivity index (χ0) is 42.5. The summed E-state index contributed by atoms with van der Waals surface area (Å²) >= 11 is 0. The van der Waals surface area contributed by atoms with Gasteiger partial charge in [-0.05, 0) is 112 Å². The first-order chi connectivity index (χ1) is 30.9. The number of hydrogen-bond donors (Lipinski definition) is 0. The molecule has 0 saturated carbocycles. The summed E-state index contributed by atoms with van der Waals surface area (Å²) in [4.78, 5) is 4.68. The number of nitrogens with zero attached hydrogens (tertiary/aromatic N) is 2. The summed E-state index contributed by atoms with van der Waals surface area (Å²) in [5.41, 5.74) is 13.1. The van der Waals surface area contributed by atoms with E-state index in [1.165, 1.54) is 32.5 Å². The van der Waals surface area contributed by atoms with Gasteiger partial charge in [0.25, 0.3) is 0 Å². The molecule has 11 aromatic rings. The van der Waals surface area contributed by atoms with E-state index in [4.69, 9.17) is 4.42 Å². The fourth-order valence-corrected chi connectivity index (χ4v) is 10.4. The molecule has 0 radical (unpaired) electrons. The van der Waals surface area contributed by atoms with Crippen molar-refractivity contribution in [2.45, 2.75) is 19.6 Å². The molecule has 0 bridgehead atoms. The predicted octanol–water partition coefficient (Wildman–Crippen LogP) is 16.7. The van der Waals surface area contributed by atoms with Crippen molar-refractivity contribution in [2.24, 2.45) is 0 Å². The maximum Gasteiger partial charge on any atom is 0.143 e. The first-order valence-electron chi connectivity index (χ1n) is 21.8. The first kappa shape index (κ1) is 38.3. The summed E-state index contributed by atoms with van der Waals surface area (Å²) in [6, 6.07) is 81.0. The highest BCUT2D eigenvalue weighted by Gasteiger charge is 2.22. The van der Waals surface area contributed by atoms with Crippen LogP contribution in [0.4, 0.5) is 34.1 Å². The highest BCUT2D eigenvalue weighted by atomic mass is 28.3. The zero-order valence-electron chi connectivity index (χ0n) is 35.7. The molecule has 0 atom stereocenters. The summed E-state index contributed by atoms with van der Waals surface area (Å²) in [6.07, 6.45) is 0. The largest absolute Gasteiger partial charge is 0.455 e. The minimum Gasteiger partial charge on any atom is -0.455 e. The fraction of sp³-hybridized carbons (Fsp3) is 0.0508. The maximum atomic E-state index is 7.02. The zero-order valence-corrected chi connectivity index (χ0v) is 36.7. The Hall–Kier alpha value is -7.66. The molecule has 0 aliphatic rings. The number of anilines is 6. The average molecular weight is 827 g/mol.